The first-order valence-electron chi connectivity index (χ1n) is 7.47. The summed E-state index contributed by atoms with van der Waals surface area (Å²) in [7, 11) is -1.62. The van der Waals surface area contributed by atoms with E-state index in [0.717, 1.165) is 37.5 Å². The van der Waals surface area contributed by atoms with E-state index >= 15 is 0 Å². The molecule has 1 aliphatic carbocycles. The zero-order chi connectivity index (χ0) is 14.7. The zero-order valence-corrected chi connectivity index (χ0v) is 14.5. The Labute approximate surface area is 119 Å². The molecule has 19 heavy (non-hydrogen) atoms. The molecule has 0 aliphatic heterocycles. The van der Waals surface area contributed by atoms with Gasteiger partial charge < -0.3 is 4.43 Å². The molecule has 2 nitrogen and oxygen atoms in total. The minimum atomic E-state index is -1.62. The number of hydrogen-bond acceptors (Lipinski definition) is 2. The molecule has 3 heteroatoms. The predicted octanol–water partition coefficient (Wildman–Crippen LogP) is 4.71. The summed E-state index contributed by atoms with van der Waals surface area (Å²) in [6.07, 6.45) is 8.12. The number of carbonyl (C=O) groups is 1. The van der Waals surface area contributed by atoms with Crippen LogP contribution in [0.2, 0.25) is 18.1 Å². The highest BCUT2D eigenvalue weighted by molar-refractivity contribution is 6.74. The van der Waals surface area contributed by atoms with E-state index in [2.05, 4.69) is 39.9 Å². The van der Waals surface area contributed by atoms with E-state index in [-0.39, 0.29) is 5.04 Å². The van der Waals surface area contributed by atoms with E-state index in [1.54, 1.807) is 0 Å². The largest absolute Gasteiger partial charge is 0.414 e. The summed E-state index contributed by atoms with van der Waals surface area (Å²) in [6, 6.07) is 0. The van der Waals surface area contributed by atoms with Crippen molar-refractivity contribution >= 4 is 14.6 Å². The van der Waals surface area contributed by atoms with Crippen LogP contribution >= 0.6 is 0 Å². The fourth-order valence-electron chi connectivity index (χ4n) is 2.38. The first kappa shape index (κ1) is 16.6. The molecule has 1 aliphatic rings. The summed E-state index contributed by atoms with van der Waals surface area (Å²) >= 11 is 0. The van der Waals surface area contributed by atoms with Crippen LogP contribution in [0.4, 0.5) is 0 Å². The Morgan fingerprint density at radius 1 is 1.16 bits per heavy atom. The molecule has 0 unspecified atom stereocenters. The third-order valence-corrected chi connectivity index (χ3v) is 9.21. The SMILES string of the molecule is C/C(C=O)=C\[C@H]1CC[C@H](O[Si](C)(C)C(C)(C)C)CC1. The number of aldehydes is 1. The molecule has 0 aromatic heterocycles. The van der Waals surface area contributed by atoms with Crippen LogP contribution in [0.5, 0.6) is 0 Å². The Hall–Kier alpha value is -0.413. The maximum absolute atomic E-state index is 10.7. The minimum absolute atomic E-state index is 0.290. The molecular formula is C16H30O2Si. The van der Waals surface area contributed by atoms with Gasteiger partial charge in [0.1, 0.15) is 6.29 Å². The molecule has 110 valence electrons. The highest BCUT2D eigenvalue weighted by atomic mass is 28.4. The highest BCUT2D eigenvalue weighted by Gasteiger charge is 2.39. The van der Waals surface area contributed by atoms with Gasteiger partial charge in [0.25, 0.3) is 0 Å². The second kappa shape index (κ2) is 6.36. The van der Waals surface area contributed by atoms with Crippen LogP contribution in [0, 0.1) is 5.92 Å². The quantitative estimate of drug-likeness (QED) is 0.424. The van der Waals surface area contributed by atoms with Gasteiger partial charge in [-0.25, -0.2) is 0 Å². The Morgan fingerprint density at radius 3 is 2.11 bits per heavy atom. The predicted molar refractivity (Wildman–Crippen MR) is 83.8 cm³/mol. The number of hydrogen-bond donors (Lipinski definition) is 0. The molecular weight excluding hydrogens is 252 g/mol. The van der Waals surface area contributed by atoms with Crippen LogP contribution in [-0.4, -0.2) is 20.7 Å². The van der Waals surface area contributed by atoms with Crippen molar-refractivity contribution in [2.24, 2.45) is 5.92 Å². The lowest BCUT2D eigenvalue weighted by atomic mass is 9.86. The van der Waals surface area contributed by atoms with Crippen LogP contribution in [0.15, 0.2) is 11.6 Å². The zero-order valence-electron chi connectivity index (χ0n) is 13.5. The van der Waals surface area contributed by atoms with Crippen molar-refractivity contribution in [2.45, 2.75) is 77.6 Å². The molecule has 0 spiro atoms. The van der Waals surface area contributed by atoms with E-state index in [1.807, 2.05) is 6.92 Å². The van der Waals surface area contributed by atoms with Gasteiger partial charge in [-0.05, 0) is 62.2 Å². The van der Waals surface area contributed by atoms with Gasteiger partial charge in [-0.1, -0.05) is 26.8 Å². The van der Waals surface area contributed by atoms with Crippen molar-refractivity contribution in [2.75, 3.05) is 0 Å². The normalized spacial score (nSPS) is 26.3. The third kappa shape index (κ3) is 4.88. The maximum atomic E-state index is 10.7. The second-order valence-corrected chi connectivity index (χ2v) is 12.2. The Balaban J connectivity index is 2.49. The molecule has 0 amide bonds. The molecule has 0 saturated heterocycles. The van der Waals surface area contributed by atoms with Gasteiger partial charge in [-0.15, -0.1) is 0 Å². The fraction of sp³-hybridized carbons (Fsp3) is 0.812. The van der Waals surface area contributed by atoms with Crippen LogP contribution in [0.1, 0.15) is 53.4 Å². The lowest BCUT2D eigenvalue weighted by molar-refractivity contribution is -0.104. The third-order valence-electron chi connectivity index (χ3n) is 4.67. The van der Waals surface area contributed by atoms with E-state index in [4.69, 9.17) is 4.43 Å². The molecule has 0 heterocycles. The standard InChI is InChI=1S/C16H30O2Si/c1-13(12-17)11-14-7-9-15(10-8-14)18-19(5,6)16(2,3)4/h11-12,14-15H,7-10H2,1-6H3/b13-11+/t14-,15-. The molecule has 0 N–H and O–H groups in total. The Bertz CT molecular complexity index is 331. The summed E-state index contributed by atoms with van der Waals surface area (Å²) in [5, 5.41) is 0.290. The van der Waals surface area contributed by atoms with Crippen molar-refractivity contribution in [1.82, 2.24) is 0 Å². The molecule has 0 radical (unpaired) electrons. The average molecular weight is 283 g/mol. The molecule has 1 saturated carbocycles. The Morgan fingerprint density at radius 2 is 1.68 bits per heavy atom. The van der Waals surface area contributed by atoms with E-state index in [9.17, 15) is 4.79 Å². The van der Waals surface area contributed by atoms with E-state index < -0.39 is 8.32 Å². The first-order valence-corrected chi connectivity index (χ1v) is 10.4. The maximum Gasteiger partial charge on any atom is 0.192 e. The fourth-order valence-corrected chi connectivity index (χ4v) is 3.80. The molecule has 0 bridgehead atoms. The Kier molecular flexibility index (Phi) is 5.57. The van der Waals surface area contributed by atoms with Gasteiger partial charge in [0.05, 0.1) is 0 Å². The van der Waals surface area contributed by atoms with E-state index in [1.165, 1.54) is 0 Å². The lowest BCUT2D eigenvalue weighted by Crippen LogP contribution is -2.44. The molecule has 0 aromatic carbocycles. The van der Waals surface area contributed by atoms with Crippen molar-refractivity contribution in [3.8, 4) is 0 Å². The molecule has 0 atom stereocenters. The summed E-state index contributed by atoms with van der Waals surface area (Å²) in [6.45, 7) is 13.4. The molecule has 1 rings (SSSR count). The molecule has 0 aromatic rings. The number of allylic oxidation sites excluding steroid dienone is 2. The van der Waals surface area contributed by atoms with Gasteiger partial charge in [0, 0.05) is 6.10 Å². The first-order chi connectivity index (χ1) is 8.65. The van der Waals surface area contributed by atoms with Gasteiger partial charge in [0.15, 0.2) is 8.32 Å². The second-order valence-electron chi connectivity index (χ2n) is 7.44. The van der Waals surface area contributed by atoms with Gasteiger partial charge in [-0.3, -0.25) is 4.79 Å². The highest BCUT2D eigenvalue weighted by Crippen LogP contribution is 2.39. The number of rotatable bonds is 4. The summed E-state index contributed by atoms with van der Waals surface area (Å²) in [4.78, 5) is 10.7. The summed E-state index contributed by atoms with van der Waals surface area (Å²) < 4.78 is 6.47. The van der Waals surface area contributed by atoms with Crippen molar-refractivity contribution < 1.29 is 9.22 Å². The molecule has 1 fully saturated rings. The topological polar surface area (TPSA) is 26.3 Å². The smallest absolute Gasteiger partial charge is 0.192 e. The summed E-state index contributed by atoms with van der Waals surface area (Å²) in [5.74, 6) is 0.574. The van der Waals surface area contributed by atoms with Crippen molar-refractivity contribution in [3.05, 3.63) is 11.6 Å². The van der Waals surface area contributed by atoms with Crippen LogP contribution in [0.25, 0.3) is 0 Å². The number of carbonyl (C=O) groups excluding carboxylic acids is 1. The lowest BCUT2D eigenvalue weighted by Gasteiger charge is -2.41. The van der Waals surface area contributed by atoms with Crippen molar-refractivity contribution in [1.29, 1.82) is 0 Å². The average Bonchev–Trinajstić information content (AvgIpc) is 2.29. The van der Waals surface area contributed by atoms with Crippen molar-refractivity contribution in [3.63, 3.8) is 0 Å². The van der Waals surface area contributed by atoms with Gasteiger partial charge >= 0.3 is 0 Å². The minimum Gasteiger partial charge on any atom is -0.414 e. The van der Waals surface area contributed by atoms with Gasteiger partial charge in [0.2, 0.25) is 0 Å². The van der Waals surface area contributed by atoms with Crippen LogP contribution in [-0.2, 0) is 9.22 Å². The van der Waals surface area contributed by atoms with Gasteiger partial charge in [-0.2, -0.15) is 0 Å². The van der Waals surface area contributed by atoms with Crippen LogP contribution < -0.4 is 0 Å². The summed E-state index contributed by atoms with van der Waals surface area (Å²) in [5.41, 5.74) is 0.869. The monoisotopic (exact) mass is 282 g/mol. The van der Waals surface area contributed by atoms with Crippen LogP contribution in [0.3, 0.4) is 0 Å². The van der Waals surface area contributed by atoms with E-state index in [0.29, 0.717) is 12.0 Å².